The molecule has 1 aliphatic rings. The lowest BCUT2D eigenvalue weighted by atomic mass is 10.0. The summed E-state index contributed by atoms with van der Waals surface area (Å²) in [5.74, 6) is 0.141. The van der Waals surface area contributed by atoms with Gasteiger partial charge in [-0.25, -0.2) is 4.79 Å². The molecule has 1 aromatic rings. The summed E-state index contributed by atoms with van der Waals surface area (Å²) >= 11 is 0. The summed E-state index contributed by atoms with van der Waals surface area (Å²) in [6.45, 7) is 5.42. The Hall–Kier alpha value is -2.31. The van der Waals surface area contributed by atoms with E-state index in [4.69, 9.17) is 4.42 Å². The minimum atomic E-state index is -0.539. The van der Waals surface area contributed by atoms with Crippen LogP contribution in [0, 0.1) is 5.92 Å². The summed E-state index contributed by atoms with van der Waals surface area (Å²) in [5, 5.41) is 5.31. The van der Waals surface area contributed by atoms with Crippen LogP contribution in [0.5, 0.6) is 0 Å². The Morgan fingerprint density at radius 3 is 2.73 bits per heavy atom. The molecule has 2 heterocycles. The van der Waals surface area contributed by atoms with Gasteiger partial charge < -0.3 is 15.1 Å². The van der Waals surface area contributed by atoms with Gasteiger partial charge in [-0.3, -0.25) is 14.5 Å². The number of urea groups is 1. The summed E-state index contributed by atoms with van der Waals surface area (Å²) in [4.78, 5) is 36.9. The second kappa shape index (κ2) is 6.64. The standard InChI is InChI=1S/C15H21N3O4/c1-9(2)7-11-14(20)18(15(21)17-11)8-13(19)16-10(3)12-5-4-6-22-12/h4-6,9-11H,7-8H2,1-3H3,(H,16,19)(H,17,21). The van der Waals surface area contributed by atoms with Crippen molar-refractivity contribution < 1.29 is 18.8 Å². The first kappa shape index (κ1) is 16.1. The van der Waals surface area contributed by atoms with Crippen molar-refractivity contribution in [2.45, 2.75) is 39.3 Å². The van der Waals surface area contributed by atoms with Gasteiger partial charge in [0.05, 0.1) is 12.3 Å². The maximum atomic E-state index is 12.1. The fourth-order valence-electron chi connectivity index (χ4n) is 2.40. The molecule has 0 spiro atoms. The molecule has 2 rings (SSSR count). The summed E-state index contributed by atoms with van der Waals surface area (Å²) < 4.78 is 5.19. The zero-order valence-electron chi connectivity index (χ0n) is 13.0. The molecule has 2 unspecified atom stereocenters. The molecule has 0 saturated carbocycles. The van der Waals surface area contributed by atoms with E-state index in [1.165, 1.54) is 6.26 Å². The number of nitrogens with zero attached hydrogens (tertiary/aromatic N) is 1. The molecular formula is C15H21N3O4. The Kier molecular flexibility index (Phi) is 4.85. The molecule has 1 saturated heterocycles. The molecule has 120 valence electrons. The number of hydrogen-bond donors (Lipinski definition) is 2. The fourth-order valence-corrected chi connectivity index (χ4v) is 2.40. The highest BCUT2D eigenvalue weighted by Gasteiger charge is 2.39. The monoisotopic (exact) mass is 307 g/mol. The minimum absolute atomic E-state index is 0.280. The predicted octanol–water partition coefficient (Wildman–Crippen LogP) is 1.42. The largest absolute Gasteiger partial charge is 0.467 e. The highest BCUT2D eigenvalue weighted by Crippen LogP contribution is 2.15. The van der Waals surface area contributed by atoms with E-state index in [1.54, 1.807) is 19.1 Å². The van der Waals surface area contributed by atoms with Gasteiger partial charge in [0.1, 0.15) is 18.3 Å². The van der Waals surface area contributed by atoms with Crippen molar-refractivity contribution >= 4 is 17.8 Å². The normalized spacial score (nSPS) is 19.5. The molecular weight excluding hydrogens is 286 g/mol. The third kappa shape index (κ3) is 3.66. The molecule has 2 N–H and O–H groups in total. The van der Waals surface area contributed by atoms with Crippen molar-refractivity contribution in [2.24, 2.45) is 5.92 Å². The smallest absolute Gasteiger partial charge is 0.325 e. The third-order valence-corrected chi connectivity index (χ3v) is 3.46. The van der Waals surface area contributed by atoms with E-state index in [1.807, 2.05) is 13.8 Å². The first-order chi connectivity index (χ1) is 10.4. The van der Waals surface area contributed by atoms with Crippen LogP contribution in [0.4, 0.5) is 4.79 Å². The van der Waals surface area contributed by atoms with E-state index < -0.39 is 18.0 Å². The van der Waals surface area contributed by atoms with Crippen molar-refractivity contribution in [1.82, 2.24) is 15.5 Å². The van der Waals surface area contributed by atoms with Crippen LogP contribution < -0.4 is 10.6 Å². The highest BCUT2D eigenvalue weighted by atomic mass is 16.3. The number of nitrogens with one attached hydrogen (secondary N) is 2. The molecule has 0 aliphatic carbocycles. The lowest BCUT2D eigenvalue weighted by molar-refractivity contribution is -0.132. The van der Waals surface area contributed by atoms with E-state index in [-0.39, 0.29) is 24.4 Å². The summed E-state index contributed by atoms with van der Waals surface area (Å²) in [7, 11) is 0. The van der Waals surface area contributed by atoms with Crippen molar-refractivity contribution in [1.29, 1.82) is 0 Å². The van der Waals surface area contributed by atoms with Gasteiger partial charge in [0.15, 0.2) is 0 Å². The average molecular weight is 307 g/mol. The average Bonchev–Trinajstić information content (AvgIpc) is 3.03. The highest BCUT2D eigenvalue weighted by molar-refractivity contribution is 6.06. The minimum Gasteiger partial charge on any atom is -0.467 e. The quantitative estimate of drug-likeness (QED) is 0.778. The maximum Gasteiger partial charge on any atom is 0.325 e. The number of amides is 4. The molecule has 0 aromatic carbocycles. The number of furan rings is 1. The van der Waals surface area contributed by atoms with Crippen molar-refractivity contribution in [3.05, 3.63) is 24.2 Å². The Bertz CT molecular complexity index is 553. The lowest BCUT2D eigenvalue weighted by Crippen LogP contribution is -2.41. The number of carbonyl (C=O) groups is 3. The van der Waals surface area contributed by atoms with E-state index in [0.717, 1.165) is 4.90 Å². The number of hydrogen-bond acceptors (Lipinski definition) is 4. The lowest BCUT2D eigenvalue weighted by Gasteiger charge is -2.16. The molecule has 0 bridgehead atoms. The van der Waals surface area contributed by atoms with Crippen LogP contribution in [-0.2, 0) is 9.59 Å². The maximum absolute atomic E-state index is 12.1. The van der Waals surface area contributed by atoms with Gasteiger partial charge in [-0.2, -0.15) is 0 Å². The van der Waals surface area contributed by atoms with Gasteiger partial charge in [0, 0.05) is 0 Å². The molecule has 4 amide bonds. The van der Waals surface area contributed by atoms with Crippen molar-refractivity contribution in [3.8, 4) is 0 Å². The second-order valence-electron chi connectivity index (χ2n) is 5.86. The summed E-state index contributed by atoms with van der Waals surface area (Å²) in [6.07, 6.45) is 2.08. The first-order valence-corrected chi connectivity index (χ1v) is 7.33. The molecule has 1 aliphatic heterocycles. The predicted molar refractivity (Wildman–Crippen MR) is 78.8 cm³/mol. The number of rotatable bonds is 6. The van der Waals surface area contributed by atoms with Gasteiger partial charge >= 0.3 is 6.03 Å². The van der Waals surface area contributed by atoms with Crippen molar-refractivity contribution in [3.63, 3.8) is 0 Å². The van der Waals surface area contributed by atoms with Crippen LogP contribution in [0.3, 0.4) is 0 Å². The van der Waals surface area contributed by atoms with E-state index in [0.29, 0.717) is 12.2 Å². The zero-order chi connectivity index (χ0) is 16.3. The third-order valence-electron chi connectivity index (χ3n) is 3.46. The Morgan fingerprint density at radius 1 is 1.41 bits per heavy atom. The Balaban J connectivity index is 1.91. The molecule has 22 heavy (non-hydrogen) atoms. The number of carbonyl (C=O) groups excluding carboxylic acids is 3. The van der Waals surface area contributed by atoms with Gasteiger partial charge in [-0.1, -0.05) is 13.8 Å². The molecule has 0 radical (unpaired) electrons. The Labute approximate surface area is 129 Å². The number of imide groups is 1. The molecule has 7 heteroatoms. The second-order valence-corrected chi connectivity index (χ2v) is 5.86. The topological polar surface area (TPSA) is 91.7 Å². The van der Waals surface area contributed by atoms with Crippen LogP contribution in [0.25, 0.3) is 0 Å². The van der Waals surface area contributed by atoms with Crippen LogP contribution in [0.1, 0.15) is 39.0 Å². The van der Waals surface area contributed by atoms with Gasteiger partial charge in [0.2, 0.25) is 5.91 Å². The van der Waals surface area contributed by atoms with Crippen molar-refractivity contribution in [2.75, 3.05) is 6.54 Å². The van der Waals surface area contributed by atoms with E-state index in [2.05, 4.69) is 10.6 Å². The summed E-state index contributed by atoms with van der Waals surface area (Å²) in [6, 6.07) is 2.09. The van der Waals surface area contributed by atoms with Crippen LogP contribution in [-0.4, -0.2) is 35.3 Å². The van der Waals surface area contributed by atoms with Gasteiger partial charge in [0.25, 0.3) is 5.91 Å². The van der Waals surface area contributed by atoms with Crippen LogP contribution in [0.2, 0.25) is 0 Å². The molecule has 2 atom stereocenters. The Morgan fingerprint density at radius 2 is 2.14 bits per heavy atom. The SMILES string of the molecule is CC(C)CC1NC(=O)N(CC(=O)NC(C)c2ccco2)C1=O. The molecule has 1 aromatic heterocycles. The van der Waals surface area contributed by atoms with Crippen LogP contribution in [0.15, 0.2) is 22.8 Å². The summed E-state index contributed by atoms with van der Waals surface area (Å²) in [5.41, 5.74) is 0. The van der Waals surface area contributed by atoms with Gasteiger partial charge in [-0.15, -0.1) is 0 Å². The van der Waals surface area contributed by atoms with Gasteiger partial charge in [-0.05, 0) is 31.4 Å². The van der Waals surface area contributed by atoms with E-state index in [9.17, 15) is 14.4 Å². The fraction of sp³-hybridized carbons (Fsp3) is 0.533. The zero-order valence-corrected chi connectivity index (χ0v) is 13.0. The first-order valence-electron chi connectivity index (χ1n) is 7.33. The van der Waals surface area contributed by atoms with Crippen LogP contribution >= 0.6 is 0 Å². The van der Waals surface area contributed by atoms with E-state index >= 15 is 0 Å². The molecule has 1 fully saturated rings. The molecule has 7 nitrogen and oxygen atoms in total.